The molecule has 1 aliphatic rings. The Hall–Kier alpha value is -3.05. The van der Waals surface area contributed by atoms with Gasteiger partial charge in [-0.15, -0.1) is 16.4 Å². The molecule has 0 unspecified atom stereocenters. The van der Waals surface area contributed by atoms with E-state index in [1.54, 1.807) is 25.1 Å². The van der Waals surface area contributed by atoms with Crippen LogP contribution in [0.3, 0.4) is 0 Å². The average molecular weight is 381 g/mol. The number of aryl methyl sites for hydroxylation is 1. The van der Waals surface area contributed by atoms with Gasteiger partial charge in [-0.25, -0.2) is 9.07 Å². The van der Waals surface area contributed by atoms with Crippen molar-refractivity contribution in [3.8, 4) is 11.8 Å². The number of fused-ring (bicyclic) bond motifs is 1. The topological polar surface area (TPSA) is 83.6 Å². The van der Waals surface area contributed by atoms with Crippen LogP contribution in [-0.4, -0.2) is 20.9 Å². The van der Waals surface area contributed by atoms with Crippen LogP contribution in [0.4, 0.5) is 9.39 Å². The van der Waals surface area contributed by atoms with E-state index in [4.69, 9.17) is 0 Å². The Bertz CT molecular complexity index is 1080. The summed E-state index contributed by atoms with van der Waals surface area (Å²) in [5.74, 6) is -0.902. The van der Waals surface area contributed by atoms with Crippen LogP contribution in [-0.2, 0) is 12.8 Å². The van der Waals surface area contributed by atoms with Crippen molar-refractivity contribution in [2.24, 2.45) is 0 Å². The third kappa shape index (κ3) is 3.00. The highest BCUT2D eigenvalue weighted by atomic mass is 32.1. The molecule has 3 aromatic rings. The fraction of sp³-hybridized carbons (Fsp3) is 0.263. The maximum atomic E-state index is 14.0. The molecular formula is C19H16FN5OS. The summed E-state index contributed by atoms with van der Waals surface area (Å²) in [6.45, 7) is 1.66. The number of rotatable bonds is 3. The summed E-state index contributed by atoms with van der Waals surface area (Å²) in [4.78, 5) is 13.9. The molecule has 8 heteroatoms. The van der Waals surface area contributed by atoms with E-state index in [-0.39, 0.29) is 11.4 Å². The van der Waals surface area contributed by atoms with E-state index in [1.165, 1.54) is 27.0 Å². The van der Waals surface area contributed by atoms with Gasteiger partial charge in [-0.2, -0.15) is 5.26 Å². The third-order valence-corrected chi connectivity index (χ3v) is 5.91. The average Bonchev–Trinajstić information content (AvgIpc) is 3.22. The zero-order chi connectivity index (χ0) is 19.0. The lowest BCUT2D eigenvalue weighted by molar-refractivity contribution is 0.102. The molecule has 0 saturated carbocycles. The van der Waals surface area contributed by atoms with Crippen LogP contribution in [0.2, 0.25) is 0 Å². The van der Waals surface area contributed by atoms with E-state index in [2.05, 4.69) is 21.7 Å². The molecule has 2 aromatic heterocycles. The molecule has 1 amide bonds. The molecule has 0 fully saturated rings. The predicted octanol–water partition coefficient (Wildman–Crippen LogP) is 3.78. The van der Waals surface area contributed by atoms with Crippen molar-refractivity contribution in [2.75, 3.05) is 5.32 Å². The Kier molecular flexibility index (Phi) is 4.46. The number of nitrogens with one attached hydrogen (secondary N) is 1. The molecule has 136 valence electrons. The van der Waals surface area contributed by atoms with Crippen molar-refractivity contribution in [3.05, 3.63) is 57.5 Å². The summed E-state index contributed by atoms with van der Waals surface area (Å²) in [6, 6.07) is 8.39. The highest BCUT2D eigenvalue weighted by Gasteiger charge is 2.24. The maximum Gasteiger partial charge on any atom is 0.278 e. The molecule has 1 aliphatic carbocycles. The number of carbonyl (C=O) groups is 1. The van der Waals surface area contributed by atoms with Gasteiger partial charge >= 0.3 is 0 Å². The smallest absolute Gasteiger partial charge is 0.278 e. The van der Waals surface area contributed by atoms with Crippen LogP contribution in [0, 0.1) is 24.1 Å². The number of halogens is 1. The molecule has 0 radical (unpaired) electrons. The Morgan fingerprint density at radius 1 is 1.33 bits per heavy atom. The minimum Gasteiger partial charge on any atom is -0.311 e. The zero-order valence-corrected chi connectivity index (χ0v) is 15.4. The van der Waals surface area contributed by atoms with Crippen molar-refractivity contribution < 1.29 is 9.18 Å². The molecule has 0 atom stereocenters. The van der Waals surface area contributed by atoms with Crippen molar-refractivity contribution in [2.45, 2.75) is 32.6 Å². The summed E-state index contributed by atoms with van der Waals surface area (Å²) in [5.41, 5.74) is 2.36. The lowest BCUT2D eigenvalue weighted by Gasteiger charge is -2.09. The van der Waals surface area contributed by atoms with Gasteiger partial charge in [-0.3, -0.25) is 4.79 Å². The lowest BCUT2D eigenvalue weighted by Crippen LogP contribution is -2.14. The van der Waals surface area contributed by atoms with E-state index in [0.717, 1.165) is 31.2 Å². The summed E-state index contributed by atoms with van der Waals surface area (Å²) >= 11 is 1.45. The summed E-state index contributed by atoms with van der Waals surface area (Å²) in [5, 5.41) is 20.7. The Balaban J connectivity index is 1.65. The first-order valence-corrected chi connectivity index (χ1v) is 9.45. The standard InChI is InChI=1S/C19H16FN5OS/c1-11-17(23-24-25(11)15-8-4-3-7-14(15)20)18(26)22-19-13(10-21)12-6-2-5-9-16(12)27-19/h3-4,7-8H,2,5-6,9H2,1H3,(H,22,26). The van der Waals surface area contributed by atoms with E-state index >= 15 is 0 Å². The monoisotopic (exact) mass is 381 g/mol. The number of aromatic nitrogens is 3. The number of hydrogen-bond donors (Lipinski definition) is 1. The molecule has 0 saturated heterocycles. The quantitative estimate of drug-likeness (QED) is 0.748. The molecule has 6 nitrogen and oxygen atoms in total. The molecule has 1 N–H and O–H groups in total. The van der Waals surface area contributed by atoms with Crippen molar-refractivity contribution >= 4 is 22.2 Å². The number of nitrogens with zero attached hydrogens (tertiary/aromatic N) is 4. The van der Waals surface area contributed by atoms with Gasteiger partial charge in [0.15, 0.2) is 5.69 Å². The van der Waals surface area contributed by atoms with Crippen LogP contribution < -0.4 is 5.32 Å². The normalized spacial score (nSPS) is 13.1. The fourth-order valence-corrected chi connectivity index (χ4v) is 4.56. The Labute approximate surface area is 159 Å². The maximum absolute atomic E-state index is 14.0. The Morgan fingerprint density at radius 2 is 2.11 bits per heavy atom. The molecule has 4 rings (SSSR count). The number of carbonyl (C=O) groups excluding carboxylic acids is 1. The molecule has 2 heterocycles. The molecule has 0 aliphatic heterocycles. The first kappa shape index (κ1) is 17.4. The molecular weight excluding hydrogens is 365 g/mol. The fourth-order valence-electron chi connectivity index (χ4n) is 3.33. The van der Waals surface area contributed by atoms with Crippen LogP contribution in [0.5, 0.6) is 0 Å². The lowest BCUT2D eigenvalue weighted by atomic mass is 9.96. The molecule has 1 aromatic carbocycles. The van der Waals surface area contributed by atoms with Gasteiger partial charge < -0.3 is 5.32 Å². The van der Waals surface area contributed by atoms with Crippen molar-refractivity contribution in [1.82, 2.24) is 15.0 Å². The van der Waals surface area contributed by atoms with Crippen LogP contribution in [0.15, 0.2) is 24.3 Å². The van der Waals surface area contributed by atoms with Gasteiger partial charge in [0.25, 0.3) is 5.91 Å². The minimum atomic E-state index is -0.454. The minimum absolute atomic E-state index is 0.105. The highest BCUT2D eigenvalue weighted by Crippen LogP contribution is 2.37. The van der Waals surface area contributed by atoms with E-state index in [9.17, 15) is 14.4 Å². The van der Waals surface area contributed by atoms with Crippen molar-refractivity contribution in [3.63, 3.8) is 0 Å². The van der Waals surface area contributed by atoms with E-state index in [1.807, 2.05) is 0 Å². The van der Waals surface area contributed by atoms with Crippen molar-refractivity contribution in [1.29, 1.82) is 5.26 Å². The first-order chi connectivity index (χ1) is 13.1. The predicted molar refractivity (Wildman–Crippen MR) is 99.7 cm³/mol. The summed E-state index contributed by atoms with van der Waals surface area (Å²) in [7, 11) is 0. The molecule has 0 spiro atoms. The number of nitriles is 1. The highest BCUT2D eigenvalue weighted by molar-refractivity contribution is 7.16. The molecule has 27 heavy (non-hydrogen) atoms. The second-order valence-electron chi connectivity index (χ2n) is 6.37. The van der Waals surface area contributed by atoms with Crippen LogP contribution in [0.1, 0.15) is 45.0 Å². The number of amides is 1. The van der Waals surface area contributed by atoms with Gasteiger partial charge in [-0.1, -0.05) is 17.3 Å². The van der Waals surface area contributed by atoms with Gasteiger partial charge in [-0.05, 0) is 50.3 Å². The number of thiophene rings is 1. The number of para-hydroxylation sites is 1. The van der Waals surface area contributed by atoms with Gasteiger partial charge in [0, 0.05) is 4.88 Å². The largest absolute Gasteiger partial charge is 0.311 e. The van der Waals surface area contributed by atoms with E-state index in [0.29, 0.717) is 16.3 Å². The third-order valence-electron chi connectivity index (χ3n) is 4.70. The number of hydrogen-bond acceptors (Lipinski definition) is 5. The van der Waals surface area contributed by atoms with Gasteiger partial charge in [0.2, 0.25) is 0 Å². The zero-order valence-electron chi connectivity index (χ0n) is 14.6. The second kappa shape index (κ2) is 6.93. The van der Waals surface area contributed by atoms with Crippen LogP contribution >= 0.6 is 11.3 Å². The van der Waals surface area contributed by atoms with Gasteiger partial charge in [0.1, 0.15) is 22.6 Å². The SMILES string of the molecule is Cc1c(C(=O)Nc2sc3c(c2C#N)CCCC3)nnn1-c1ccccc1F. The van der Waals surface area contributed by atoms with Crippen LogP contribution in [0.25, 0.3) is 5.69 Å². The second-order valence-corrected chi connectivity index (χ2v) is 7.47. The van der Waals surface area contributed by atoms with Gasteiger partial charge in [0.05, 0.1) is 11.3 Å². The number of anilines is 1. The Morgan fingerprint density at radius 3 is 2.89 bits per heavy atom. The molecule has 0 bridgehead atoms. The van der Waals surface area contributed by atoms with E-state index < -0.39 is 11.7 Å². The number of benzene rings is 1. The summed E-state index contributed by atoms with van der Waals surface area (Å²) < 4.78 is 15.3. The summed E-state index contributed by atoms with van der Waals surface area (Å²) in [6.07, 6.45) is 3.96. The first-order valence-electron chi connectivity index (χ1n) is 8.63.